The Hall–Kier alpha value is -2.57. The Morgan fingerprint density at radius 2 is 1.91 bits per heavy atom. The average Bonchev–Trinajstić information content (AvgIpc) is 3.26. The van der Waals surface area contributed by atoms with Gasteiger partial charge in [0.1, 0.15) is 0 Å². The third kappa shape index (κ3) is 1.85. The van der Waals surface area contributed by atoms with E-state index in [4.69, 9.17) is 5.41 Å². The monoisotopic (exact) mass is 298 g/mol. The van der Waals surface area contributed by atoms with Gasteiger partial charge in [-0.1, -0.05) is 12.1 Å². The van der Waals surface area contributed by atoms with Gasteiger partial charge < -0.3 is 10.2 Å². The van der Waals surface area contributed by atoms with E-state index in [1.54, 1.807) is 4.57 Å². The normalized spacial score (nSPS) is 17.8. The van der Waals surface area contributed by atoms with Crippen LogP contribution in [0.1, 0.15) is 12.8 Å². The Morgan fingerprint density at radius 1 is 1.18 bits per heavy atom. The predicted molar refractivity (Wildman–Crippen MR) is 83.1 cm³/mol. The van der Waals surface area contributed by atoms with Crippen molar-refractivity contribution in [2.45, 2.75) is 12.8 Å². The summed E-state index contributed by atoms with van der Waals surface area (Å²) in [6, 6.07) is 7.50. The van der Waals surface area contributed by atoms with Gasteiger partial charge in [-0.2, -0.15) is 0 Å². The second-order valence-corrected chi connectivity index (χ2v) is 5.59. The number of benzene rings is 1. The van der Waals surface area contributed by atoms with Crippen LogP contribution >= 0.6 is 0 Å². The summed E-state index contributed by atoms with van der Waals surface area (Å²) < 4.78 is 3.21. The van der Waals surface area contributed by atoms with Gasteiger partial charge in [-0.15, -0.1) is 0 Å². The lowest BCUT2D eigenvalue weighted by Gasteiger charge is -2.15. The highest BCUT2D eigenvalue weighted by atomic mass is 16.2. The summed E-state index contributed by atoms with van der Waals surface area (Å²) in [5, 5.41) is 11.7. The van der Waals surface area contributed by atoms with Gasteiger partial charge >= 0.3 is 6.03 Å². The van der Waals surface area contributed by atoms with Crippen molar-refractivity contribution >= 4 is 23.0 Å². The van der Waals surface area contributed by atoms with Gasteiger partial charge in [0.05, 0.1) is 17.6 Å². The number of nitrogens with one attached hydrogen (secondary N) is 2. The zero-order chi connectivity index (χ0) is 15.1. The summed E-state index contributed by atoms with van der Waals surface area (Å²) in [4.78, 5) is 19.0. The Kier molecular flexibility index (Phi) is 2.99. The van der Waals surface area contributed by atoms with E-state index in [1.807, 2.05) is 29.2 Å². The molecule has 4 rings (SSSR count). The maximum Gasteiger partial charge on any atom is 0.331 e. The maximum atomic E-state index is 12.8. The van der Waals surface area contributed by atoms with Crippen molar-refractivity contribution in [2.75, 3.05) is 26.2 Å². The number of carbonyl (C=O) groups excluding carboxylic acids is 1. The molecule has 1 aromatic heterocycles. The first-order chi connectivity index (χ1) is 10.8. The molecule has 0 bridgehead atoms. The van der Waals surface area contributed by atoms with Crippen LogP contribution in [-0.4, -0.2) is 52.2 Å². The summed E-state index contributed by atoms with van der Waals surface area (Å²) in [7, 11) is 0. The van der Waals surface area contributed by atoms with E-state index in [1.165, 1.54) is 4.57 Å². The second-order valence-electron chi connectivity index (χ2n) is 5.59. The molecule has 0 unspecified atom stereocenters. The van der Waals surface area contributed by atoms with E-state index in [-0.39, 0.29) is 11.6 Å². The number of rotatable bonds is 0. The molecule has 1 aromatic carbocycles. The highest BCUT2D eigenvalue weighted by Crippen LogP contribution is 2.16. The van der Waals surface area contributed by atoms with Crippen LogP contribution in [0.4, 0.5) is 4.79 Å². The number of fused-ring (bicyclic) bond motifs is 1. The highest BCUT2D eigenvalue weighted by Gasteiger charge is 2.25. The number of imidazole rings is 1. The van der Waals surface area contributed by atoms with Gasteiger partial charge in [-0.25, -0.2) is 13.9 Å². The number of hydrogen-bond donors (Lipinski definition) is 2. The summed E-state index contributed by atoms with van der Waals surface area (Å²) in [5.74, 6) is 0.647. The molecule has 0 spiro atoms. The molecule has 1 fully saturated rings. The van der Waals surface area contributed by atoms with E-state index >= 15 is 0 Å². The quantitative estimate of drug-likeness (QED) is 0.754. The van der Waals surface area contributed by atoms with Crippen LogP contribution in [0.5, 0.6) is 0 Å². The molecule has 0 aliphatic carbocycles. The topological polar surface area (TPSA) is 78.4 Å². The molecular formula is C15H18N6O. The maximum absolute atomic E-state index is 12.8. The van der Waals surface area contributed by atoms with Crippen LogP contribution in [0.15, 0.2) is 29.3 Å². The first kappa shape index (κ1) is 13.1. The first-order valence-electron chi connectivity index (χ1n) is 7.62. The van der Waals surface area contributed by atoms with Crippen molar-refractivity contribution in [3.8, 4) is 0 Å². The molecule has 2 N–H and O–H groups in total. The van der Waals surface area contributed by atoms with E-state index in [0.29, 0.717) is 12.5 Å². The van der Waals surface area contributed by atoms with Crippen LogP contribution in [0.3, 0.4) is 0 Å². The smallest absolute Gasteiger partial charge is 0.331 e. The number of nitrogens with zero attached hydrogens (tertiary/aromatic N) is 4. The zero-order valence-corrected chi connectivity index (χ0v) is 12.2. The number of carbonyl (C=O) groups is 1. The lowest BCUT2D eigenvalue weighted by Crippen LogP contribution is -2.41. The van der Waals surface area contributed by atoms with Crippen molar-refractivity contribution in [1.82, 2.24) is 19.4 Å². The van der Waals surface area contributed by atoms with Crippen molar-refractivity contribution in [2.24, 2.45) is 4.99 Å². The third-order valence-electron chi connectivity index (χ3n) is 4.22. The van der Waals surface area contributed by atoms with Gasteiger partial charge in [-0.3, -0.25) is 10.4 Å². The molecule has 1 amide bonds. The third-order valence-corrected chi connectivity index (χ3v) is 4.22. The van der Waals surface area contributed by atoms with Gasteiger partial charge in [-0.05, 0) is 25.0 Å². The number of amides is 1. The Labute approximate surface area is 127 Å². The number of aliphatic imine (C=N–C) groups is 1. The molecule has 2 aromatic rings. The van der Waals surface area contributed by atoms with Gasteiger partial charge in [0, 0.05) is 19.6 Å². The number of aromatic nitrogens is 2. The first-order valence-corrected chi connectivity index (χ1v) is 7.62. The molecule has 2 aliphatic heterocycles. The summed E-state index contributed by atoms with van der Waals surface area (Å²) in [5.41, 5.74) is 1.72. The van der Waals surface area contributed by atoms with Gasteiger partial charge in [0.15, 0.2) is 0 Å². The van der Waals surface area contributed by atoms with E-state index < -0.39 is 0 Å². The Morgan fingerprint density at radius 3 is 2.59 bits per heavy atom. The van der Waals surface area contributed by atoms with Crippen LogP contribution < -0.4 is 10.9 Å². The fourth-order valence-electron chi connectivity index (χ4n) is 3.16. The summed E-state index contributed by atoms with van der Waals surface area (Å²) >= 11 is 0. The summed E-state index contributed by atoms with van der Waals surface area (Å²) in [6.07, 6.45) is 2.07. The van der Waals surface area contributed by atoms with E-state index in [9.17, 15) is 4.79 Å². The lowest BCUT2D eigenvalue weighted by atomic mass is 10.3. The predicted octanol–water partition coefficient (Wildman–Crippen LogP) is 0.793. The molecule has 1 saturated heterocycles. The zero-order valence-electron chi connectivity index (χ0n) is 12.2. The Balaban J connectivity index is 1.93. The minimum absolute atomic E-state index is 0.115. The van der Waals surface area contributed by atoms with Crippen LogP contribution in [-0.2, 0) is 0 Å². The molecule has 3 heterocycles. The SMILES string of the molecule is N=c1n(C(=O)N2CCCC2)c2ccccc2n1C1=NCCN1. The molecule has 0 atom stereocenters. The van der Waals surface area contributed by atoms with E-state index in [0.717, 1.165) is 43.5 Å². The minimum atomic E-state index is -0.115. The minimum Gasteiger partial charge on any atom is -0.354 e. The van der Waals surface area contributed by atoms with Crippen molar-refractivity contribution in [1.29, 1.82) is 5.41 Å². The molecule has 2 aliphatic rings. The number of para-hydroxylation sites is 2. The van der Waals surface area contributed by atoms with Crippen molar-refractivity contribution < 1.29 is 4.79 Å². The van der Waals surface area contributed by atoms with Crippen LogP contribution in [0.2, 0.25) is 0 Å². The molecule has 0 saturated carbocycles. The largest absolute Gasteiger partial charge is 0.354 e. The molecular weight excluding hydrogens is 280 g/mol. The van der Waals surface area contributed by atoms with Crippen molar-refractivity contribution in [3.63, 3.8) is 0 Å². The fourth-order valence-corrected chi connectivity index (χ4v) is 3.16. The summed E-state index contributed by atoms with van der Waals surface area (Å²) in [6.45, 7) is 3.00. The molecule has 0 radical (unpaired) electrons. The Bertz CT molecular complexity index is 824. The fraction of sp³-hybridized carbons (Fsp3) is 0.400. The standard InChI is InChI=1S/C15H18N6O/c16-13-20(14-17-7-8-18-14)11-5-1-2-6-12(11)21(13)15(22)19-9-3-4-10-19/h1-2,5-6,16H,3-4,7-10H2,(H,17,18). The van der Waals surface area contributed by atoms with Gasteiger partial charge in [0.2, 0.25) is 11.6 Å². The second kappa shape index (κ2) is 5.01. The molecule has 7 nitrogen and oxygen atoms in total. The van der Waals surface area contributed by atoms with Crippen LogP contribution in [0, 0.1) is 5.41 Å². The number of likely N-dealkylation sites (tertiary alicyclic amines) is 1. The highest BCUT2D eigenvalue weighted by molar-refractivity contribution is 5.97. The van der Waals surface area contributed by atoms with Crippen molar-refractivity contribution in [3.05, 3.63) is 29.9 Å². The molecule has 22 heavy (non-hydrogen) atoms. The molecule has 7 heteroatoms. The van der Waals surface area contributed by atoms with Gasteiger partial charge in [0.25, 0.3) is 0 Å². The number of hydrogen-bond acceptors (Lipinski definition) is 4. The average molecular weight is 298 g/mol. The van der Waals surface area contributed by atoms with Crippen LogP contribution in [0.25, 0.3) is 11.0 Å². The molecule has 114 valence electrons. The van der Waals surface area contributed by atoms with E-state index in [2.05, 4.69) is 10.3 Å². The lowest BCUT2D eigenvalue weighted by molar-refractivity contribution is 0.210.